The van der Waals surface area contributed by atoms with E-state index in [9.17, 15) is 17.6 Å². The van der Waals surface area contributed by atoms with Gasteiger partial charge >= 0.3 is 6.18 Å². The van der Waals surface area contributed by atoms with Crippen molar-refractivity contribution in [3.05, 3.63) is 28.8 Å². The molecule has 0 aliphatic carbocycles. The monoisotopic (exact) mass is 199 g/mol. The van der Waals surface area contributed by atoms with Crippen LogP contribution < -0.4 is 0 Å². The van der Waals surface area contributed by atoms with E-state index in [0.717, 1.165) is 0 Å². The normalized spacial score (nSPS) is 11.8. The molecule has 0 aliphatic heterocycles. The maximum atomic E-state index is 12.5. The second kappa shape index (κ2) is 2.90. The number of pyridine rings is 1. The van der Waals surface area contributed by atoms with Crippen LogP contribution in [0.15, 0.2) is 12.3 Å². The number of alkyl halides is 3. The molecule has 0 spiro atoms. The number of halogens is 5. The third-order valence-electron chi connectivity index (χ3n) is 1.13. The number of rotatable bonds is 0. The number of nitrogens with zero attached hydrogens (tertiary/aromatic N) is 1. The van der Waals surface area contributed by atoms with Crippen LogP contribution in [-0.4, -0.2) is 4.98 Å². The lowest BCUT2D eigenvalue weighted by Gasteiger charge is -2.06. The molecule has 0 fully saturated rings. The van der Waals surface area contributed by atoms with E-state index in [2.05, 4.69) is 4.98 Å². The lowest BCUT2D eigenvalue weighted by molar-refractivity contribution is -0.140. The average Bonchev–Trinajstić information content (AvgIpc) is 1.83. The number of hydrogen-bond acceptors (Lipinski definition) is 1. The Morgan fingerprint density at radius 3 is 2.33 bits per heavy atom. The third-order valence-corrected chi connectivity index (χ3v) is 1.33. The molecule has 0 radical (unpaired) electrons. The van der Waals surface area contributed by atoms with Crippen LogP contribution in [0, 0.1) is 5.82 Å². The first-order valence-electron chi connectivity index (χ1n) is 2.79. The highest BCUT2D eigenvalue weighted by Gasteiger charge is 2.34. The van der Waals surface area contributed by atoms with Gasteiger partial charge in [-0.25, -0.2) is 9.37 Å². The smallest absolute Gasteiger partial charge is 0.244 e. The van der Waals surface area contributed by atoms with Crippen LogP contribution in [0.2, 0.25) is 5.15 Å². The summed E-state index contributed by atoms with van der Waals surface area (Å²) in [7, 11) is 0. The fraction of sp³-hybridized carbons (Fsp3) is 0.167. The summed E-state index contributed by atoms with van der Waals surface area (Å²) in [6, 6.07) is 0.518. The van der Waals surface area contributed by atoms with E-state index in [0.29, 0.717) is 12.3 Å². The molecule has 0 saturated heterocycles. The van der Waals surface area contributed by atoms with E-state index >= 15 is 0 Å². The molecule has 0 atom stereocenters. The predicted octanol–water partition coefficient (Wildman–Crippen LogP) is 2.89. The summed E-state index contributed by atoms with van der Waals surface area (Å²) < 4.78 is 48.1. The summed E-state index contributed by atoms with van der Waals surface area (Å²) in [5, 5.41) is -0.305. The highest BCUT2D eigenvalue weighted by Crippen LogP contribution is 2.31. The first kappa shape index (κ1) is 9.25. The molecule has 0 unspecified atom stereocenters. The first-order chi connectivity index (χ1) is 5.41. The van der Waals surface area contributed by atoms with Gasteiger partial charge in [-0.2, -0.15) is 13.2 Å². The van der Waals surface area contributed by atoms with E-state index < -0.39 is 17.6 Å². The number of aromatic nitrogens is 1. The fourth-order valence-corrected chi connectivity index (χ4v) is 0.761. The molecule has 1 aromatic rings. The lowest BCUT2D eigenvalue weighted by Crippen LogP contribution is -2.08. The molecule has 0 saturated carbocycles. The van der Waals surface area contributed by atoms with Crippen molar-refractivity contribution in [3.63, 3.8) is 0 Å². The van der Waals surface area contributed by atoms with Crippen LogP contribution in [-0.2, 0) is 6.18 Å². The molecule has 0 amide bonds. The van der Waals surface area contributed by atoms with Gasteiger partial charge in [-0.15, -0.1) is 0 Å². The van der Waals surface area contributed by atoms with Gasteiger partial charge in [0.2, 0.25) is 0 Å². The van der Waals surface area contributed by atoms with Crippen LogP contribution in [0.5, 0.6) is 0 Å². The van der Waals surface area contributed by atoms with Gasteiger partial charge < -0.3 is 0 Å². The van der Waals surface area contributed by atoms with Crippen molar-refractivity contribution >= 4 is 11.6 Å². The maximum absolute atomic E-state index is 12.5. The topological polar surface area (TPSA) is 12.9 Å². The highest BCUT2D eigenvalue weighted by atomic mass is 35.5. The molecule has 0 aliphatic rings. The Morgan fingerprint density at radius 2 is 1.92 bits per heavy atom. The average molecular weight is 200 g/mol. The Hall–Kier alpha value is -0.840. The fourth-order valence-electron chi connectivity index (χ4n) is 0.616. The lowest BCUT2D eigenvalue weighted by atomic mass is 10.3. The maximum Gasteiger partial charge on any atom is 0.420 e. The largest absolute Gasteiger partial charge is 0.420 e. The van der Waals surface area contributed by atoms with Crippen molar-refractivity contribution in [1.29, 1.82) is 0 Å². The Kier molecular flexibility index (Phi) is 2.23. The van der Waals surface area contributed by atoms with Crippen LogP contribution in [0.25, 0.3) is 0 Å². The van der Waals surface area contributed by atoms with Crippen LogP contribution in [0.3, 0.4) is 0 Å². The second-order valence-corrected chi connectivity index (χ2v) is 2.37. The van der Waals surface area contributed by atoms with Crippen molar-refractivity contribution in [2.75, 3.05) is 0 Å². The minimum absolute atomic E-state index is 0.305. The molecular formula is C6H2ClF4N. The van der Waals surface area contributed by atoms with Crippen molar-refractivity contribution in [2.24, 2.45) is 0 Å². The number of hydrogen-bond donors (Lipinski definition) is 0. The van der Waals surface area contributed by atoms with Gasteiger partial charge in [-0.3, -0.25) is 0 Å². The molecule has 1 aromatic heterocycles. The molecule has 0 bridgehead atoms. The van der Waals surface area contributed by atoms with Gasteiger partial charge in [-0.1, -0.05) is 11.6 Å². The van der Waals surface area contributed by atoms with Gasteiger partial charge in [0.1, 0.15) is 16.5 Å². The van der Waals surface area contributed by atoms with Crippen molar-refractivity contribution in [2.45, 2.75) is 6.18 Å². The molecule has 66 valence electrons. The SMILES string of the molecule is Fc1cc(Cl)ncc1C(F)(F)F. The summed E-state index contributed by atoms with van der Waals surface area (Å²) >= 11 is 5.15. The predicted molar refractivity (Wildman–Crippen MR) is 34.2 cm³/mol. The van der Waals surface area contributed by atoms with Gasteiger partial charge in [0.25, 0.3) is 0 Å². The van der Waals surface area contributed by atoms with E-state index in [-0.39, 0.29) is 5.15 Å². The quantitative estimate of drug-likeness (QED) is 0.463. The second-order valence-electron chi connectivity index (χ2n) is 1.98. The summed E-state index contributed by atoms with van der Waals surface area (Å²) in [5.41, 5.74) is -1.41. The first-order valence-corrected chi connectivity index (χ1v) is 3.17. The molecule has 1 heterocycles. The Morgan fingerprint density at radius 1 is 1.33 bits per heavy atom. The summed E-state index contributed by atoms with van der Waals surface area (Å²) in [5.74, 6) is -1.41. The minimum atomic E-state index is -4.72. The van der Waals surface area contributed by atoms with E-state index in [1.54, 1.807) is 0 Å². The zero-order valence-electron chi connectivity index (χ0n) is 5.49. The standard InChI is InChI=1S/C6H2ClF4N/c7-5-1-4(8)3(2-12-5)6(9,10)11/h1-2H. The van der Waals surface area contributed by atoms with Crippen molar-refractivity contribution in [3.8, 4) is 0 Å². The molecule has 1 rings (SSSR count). The molecule has 0 aromatic carbocycles. The Labute approximate surface area is 70.0 Å². The summed E-state index contributed by atoms with van der Waals surface area (Å²) in [6.45, 7) is 0. The van der Waals surface area contributed by atoms with E-state index in [4.69, 9.17) is 11.6 Å². The van der Waals surface area contributed by atoms with Gasteiger partial charge in [-0.05, 0) is 0 Å². The molecule has 0 N–H and O–H groups in total. The van der Waals surface area contributed by atoms with E-state index in [1.807, 2.05) is 0 Å². The van der Waals surface area contributed by atoms with Gasteiger partial charge in [0, 0.05) is 12.3 Å². The summed E-state index contributed by atoms with van der Waals surface area (Å²) in [4.78, 5) is 3.11. The molecule has 12 heavy (non-hydrogen) atoms. The third kappa shape index (κ3) is 1.85. The summed E-state index contributed by atoms with van der Waals surface area (Å²) in [6.07, 6.45) is -4.36. The van der Waals surface area contributed by atoms with Crippen LogP contribution in [0.4, 0.5) is 17.6 Å². The molecule has 6 heteroatoms. The zero-order valence-corrected chi connectivity index (χ0v) is 6.25. The van der Waals surface area contributed by atoms with Crippen molar-refractivity contribution in [1.82, 2.24) is 4.98 Å². The van der Waals surface area contributed by atoms with Gasteiger partial charge in [0.15, 0.2) is 0 Å². The minimum Gasteiger partial charge on any atom is -0.244 e. The highest BCUT2D eigenvalue weighted by molar-refractivity contribution is 6.29. The van der Waals surface area contributed by atoms with Crippen LogP contribution in [0.1, 0.15) is 5.56 Å². The molecular weight excluding hydrogens is 198 g/mol. The van der Waals surface area contributed by atoms with Gasteiger partial charge in [0.05, 0.1) is 0 Å². The molecule has 1 nitrogen and oxygen atoms in total. The van der Waals surface area contributed by atoms with Crippen molar-refractivity contribution < 1.29 is 17.6 Å². The van der Waals surface area contributed by atoms with Crippen LogP contribution >= 0.6 is 11.6 Å². The van der Waals surface area contributed by atoms with E-state index in [1.165, 1.54) is 0 Å². The Balaban J connectivity index is 3.19. The Bertz CT molecular complexity index is 296. The zero-order chi connectivity index (χ0) is 9.35.